The predicted octanol–water partition coefficient (Wildman–Crippen LogP) is 1.85. The van der Waals surface area contributed by atoms with Gasteiger partial charge >= 0.3 is 0 Å². The standard InChI is InChI=1S/C26H36N6O4S/c1-18-12-21-15-27-32(26-14-25(28-19(2)29-26)31-8-10-36-22(16-31)17-33)24(21)13-23(18)20-4-6-30(7-5-20)9-11-37(3,34)35/h12-15,20,22,33H,4-11,16-17H2,1-3H3/t22-/m0/s1. The van der Waals surface area contributed by atoms with Gasteiger partial charge in [0.1, 0.15) is 21.5 Å². The second-order valence-electron chi connectivity index (χ2n) is 10.3. The van der Waals surface area contributed by atoms with Crippen LogP contribution in [0.3, 0.4) is 0 Å². The Morgan fingerprint density at radius 2 is 1.84 bits per heavy atom. The number of sulfone groups is 1. The molecule has 0 saturated carbocycles. The minimum Gasteiger partial charge on any atom is -0.394 e. The summed E-state index contributed by atoms with van der Waals surface area (Å²) in [6, 6.07) is 6.41. The molecule has 2 aliphatic rings. The molecular weight excluding hydrogens is 492 g/mol. The molecule has 200 valence electrons. The van der Waals surface area contributed by atoms with Crippen LogP contribution in [0.1, 0.15) is 35.7 Å². The highest BCUT2D eigenvalue weighted by atomic mass is 32.2. The van der Waals surface area contributed by atoms with Crippen molar-refractivity contribution in [1.29, 1.82) is 0 Å². The lowest BCUT2D eigenvalue weighted by molar-refractivity contribution is 0.00335. The fourth-order valence-electron chi connectivity index (χ4n) is 5.43. The van der Waals surface area contributed by atoms with Gasteiger partial charge in [-0.2, -0.15) is 5.10 Å². The van der Waals surface area contributed by atoms with Gasteiger partial charge in [0, 0.05) is 37.3 Å². The summed E-state index contributed by atoms with van der Waals surface area (Å²) in [5.74, 6) is 2.83. The number of nitrogens with zero attached hydrogens (tertiary/aromatic N) is 6. The van der Waals surface area contributed by atoms with Gasteiger partial charge in [-0.3, -0.25) is 0 Å². The lowest BCUT2D eigenvalue weighted by atomic mass is 9.86. The van der Waals surface area contributed by atoms with Crippen LogP contribution in [-0.4, -0.2) is 102 Å². The van der Waals surface area contributed by atoms with E-state index in [2.05, 4.69) is 38.9 Å². The van der Waals surface area contributed by atoms with Crippen LogP contribution in [0.5, 0.6) is 0 Å². The molecule has 4 heterocycles. The molecule has 5 rings (SSSR count). The highest BCUT2D eigenvalue weighted by Crippen LogP contribution is 2.33. The number of aryl methyl sites for hydroxylation is 2. The fourth-order valence-corrected chi connectivity index (χ4v) is 6.02. The van der Waals surface area contributed by atoms with Gasteiger partial charge < -0.3 is 19.6 Å². The van der Waals surface area contributed by atoms with Crippen molar-refractivity contribution in [2.45, 2.75) is 38.7 Å². The Labute approximate surface area is 218 Å². The predicted molar refractivity (Wildman–Crippen MR) is 143 cm³/mol. The Kier molecular flexibility index (Phi) is 7.49. The first kappa shape index (κ1) is 26.0. The van der Waals surface area contributed by atoms with Gasteiger partial charge in [0.25, 0.3) is 0 Å². The van der Waals surface area contributed by atoms with Crippen LogP contribution in [-0.2, 0) is 14.6 Å². The van der Waals surface area contributed by atoms with E-state index in [0.29, 0.717) is 38.0 Å². The van der Waals surface area contributed by atoms with Crippen molar-refractivity contribution >= 4 is 26.6 Å². The first-order valence-electron chi connectivity index (χ1n) is 12.9. The van der Waals surface area contributed by atoms with E-state index >= 15 is 0 Å². The highest BCUT2D eigenvalue weighted by Gasteiger charge is 2.25. The summed E-state index contributed by atoms with van der Waals surface area (Å²) in [6.45, 7) is 8.27. The fraction of sp³-hybridized carbons (Fsp3) is 0.577. The van der Waals surface area contributed by atoms with E-state index in [1.807, 2.05) is 23.9 Å². The molecule has 1 aromatic carbocycles. The van der Waals surface area contributed by atoms with Crippen molar-refractivity contribution < 1.29 is 18.3 Å². The number of ether oxygens (including phenoxy) is 1. The average Bonchev–Trinajstić information content (AvgIpc) is 3.29. The molecule has 2 saturated heterocycles. The van der Waals surface area contributed by atoms with E-state index in [-0.39, 0.29) is 18.5 Å². The van der Waals surface area contributed by atoms with Crippen LogP contribution in [0.25, 0.3) is 16.7 Å². The lowest BCUT2D eigenvalue weighted by Crippen LogP contribution is -2.44. The summed E-state index contributed by atoms with van der Waals surface area (Å²) in [4.78, 5) is 13.7. The van der Waals surface area contributed by atoms with Crippen molar-refractivity contribution in [2.75, 3.05) is 62.8 Å². The second-order valence-corrected chi connectivity index (χ2v) is 12.6. The molecule has 0 radical (unpaired) electrons. The van der Waals surface area contributed by atoms with Gasteiger partial charge in [0.05, 0.1) is 36.8 Å². The number of aliphatic hydroxyl groups is 1. The number of piperidine rings is 1. The van der Waals surface area contributed by atoms with Gasteiger partial charge in [-0.1, -0.05) is 0 Å². The summed E-state index contributed by atoms with van der Waals surface area (Å²) in [6.07, 6.45) is 4.97. The number of likely N-dealkylation sites (tertiary alicyclic amines) is 1. The maximum atomic E-state index is 11.6. The number of rotatable bonds is 7. The van der Waals surface area contributed by atoms with Crippen molar-refractivity contribution in [2.24, 2.45) is 0 Å². The number of fused-ring (bicyclic) bond motifs is 1. The third-order valence-corrected chi connectivity index (χ3v) is 8.38. The van der Waals surface area contributed by atoms with Gasteiger partial charge in [-0.05, 0) is 69.0 Å². The van der Waals surface area contributed by atoms with Gasteiger partial charge in [0.2, 0.25) is 0 Å². The first-order chi connectivity index (χ1) is 17.7. The van der Waals surface area contributed by atoms with E-state index in [1.165, 1.54) is 17.4 Å². The maximum absolute atomic E-state index is 11.6. The smallest absolute Gasteiger partial charge is 0.159 e. The Bertz CT molecular complexity index is 1370. The summed E-state index contributed by atoms with van der Waals surface area (Å²) in [7, 11) is -2.94. The van der Waals surface area contributed by atoms with E-state index in [9.17, 15) is 13.5 Å². The molecule has 0 bridgehead atoms. The minimum absolute atomic E-state index is 0.0179. The number of hydrogen-bond donors (Lipinski definition) is 1. The Balaban J connectivity index is 1.40. The molecular formula is C26H36N6O4S. The monoisotopic (exact) mass is 528 g/mol. The second kappa shape index (κ2) is 10.6. The van der Waals surface area contributed by atoms with Gasteiger partial charge in [0.15, 0.2) is 5.82 Å². The minimum atomic E-state index is -2.94. The average molecular weight is 529 g/mol. The van der Waals surface area contributed by atoms with E-state index in [1.54, 1.807) is 0 Å². The Hall–Kier alpha value is -2.60. The summed E-state index contributed by atoms with van der Waals surface area (Å²) < 4.78 is 30.6. The normalized spacial score (nSPS) is 20.1. The number of anilines is 1. The van der Waals surface area contributed by atoms with Crippen molar-refractivity contribution in [1.82, 2.24) is 24.6 Å². The van der Waals surface area contributed by atoms with Crippen LogP contribution in [0.15, 0.2) is 24.4 Å². The van der Waals surface area contributed by atoms with Crippen LogP contribution in [0.4, 0.5) is 5.82 Å². The quantitative estimate of drug-likeness (QED) is 0.491. The van der Waals surface area contributed by atoms with Crippen molar-refractivity contribution in [3.8, 4) is 5.82 Å². The molecule has 1 N–H and O–H groups in total. The zero-order valence-corrected chi connectivity index (χ0v) is 22.6. The van der Waals surface area contributed by atoms with E-state index < -0.39 is 9.84 Å². The van der Waals surface area contributed by atoms with Crippen LogP contribution < -0.4 is 4.90 Å². The summed E-state index contributed by atoms with van der Waals surface area (Å²) in [5.41, 5.74) is 3.59. The molecule has 1 atom stereocenters. The number of benzene rings is 1. The third-order valence-electron chi connectivity index (χ3n) is 7.46. The number of hydrogen-bond acceptors (Lipinski definition) is 9. The zero-order chi connectivity index (χ0) is 26.2. The zero-order valence-electron chi connectivity index (χ0n) is 21.8. The molecule has 37 heavy (non-hydrogen) atoms. The topological polar surface area (TPSA) is 114 Å². The van der Waals surface area contributed by atoms with Gasteiger partial charge in [-0.25, -0.2) is 23.1 Å². The van der Waals surface area contributed by atoms with E-state index in [4.69, 9.17) is 9.72 Å². The van der Waals surface area contributed by atoms with Crippen molar-refractivity contribution in [3.63, 3.8) is 0 Å². The lowest BCUT2D eigenvalue weighted by Gasteiger charge is -2.33. The molecule has 3 aromatic rings. The molecule has 0 aliphatic carbocycles. The van der Waals surface area contributed by atoms with Crippen LogP contribution >= 0.6 is 0 Å². The van der Waals surface area contributed by atoms with Crippen molar-refractivity contribution in [3.05, 3.63) is 41.3 Å². The Morgan fingerprint density at radius 3 is 2.57 bits per heavy atom. The van der Waals surface area contributed by atoms with Gasteiger partial charge in [-0.15, -0.1) is 0 Å². The molecule has 0 spiro atoms. The number of aliphatic hydroxyl groups excluding tert-OH is 1. The largest absolute Gasteiger partial charge is 0.394 e. The Morgan fingerprint density at radius 1 is 1.08 bits per heavy atom. The third kappa shape index (κ3) is 5.95. The number of morpholine rings is 1. The first-order valence-corrected chi connectivity index (χ1v) is 15.0. The molecule has 11 heteroatoms. The molecule has 2 aromatic heterocycles. The molecule has 2 fully saturated rings. The SMILES string of the molecule is Cc1nc(N2CCO[C@H](CO)C2)cc(-n2ncc3cc(C)c(C4CCN(CCS(C)(=O)=O)CC4)cc32)n1. The molecule has 10 nitrogen and oxygen atoms in total. The highest BCUT2D eigenvalue weighted by molar-refractivity contribution is 7.90. The molecule has 0 amide bonds. The molecule has 0 unspecified atom stereocenters. The molecule has 2 aliphatic heterocycles. The number of aromatic nitrogens is 4. The van der Waals surface area contributed by atoms with Crippen LogP contribution in [0.2, 0.25) is 0 Å². The van der Waals surface area contributed by atoms with Crippen LogP contribution in [0, 0.1) is 13.8 Å². The summed E-state index contributed by atoms with van der Waals surface area (Å²) >= 11 is 0. The summed E-state index contributed by atoms with van der Waals surface area (Å²) in [5, 5.41) is 15.3. The maximum Gasteiger partial charge on any atom is 0.159 e. The van der Waals surface area contributed by atoms with E-state index in [0.717, 1.165) is 48.5 Å².